The van der Waals surface area contributed by atoms with E-state index >= 15 is 0 Å². The van der Waals surface area contributed by atoms with Crippen LogP contribution in [0.25, 0.3) is 104 Å². The molecule has 13 aromatic rings. The summed E-state index contributed by atoms with van der Waals surface area (Å²) in [7, 11) is 0. The third-order valence-electron chi connectivity index (χ3n) is 14.3. The van der Waals surface area contributed by atoms with Crippen LogP contribution >= 0.6 is 0 Å². The first kappa shape index (κ1) is 31.4. The Morgan fingerprint density at radius 1 is 0.517 bits per heavy atom. The molecule has 0 fully saturated rings. The van der Waals surface area contributed by atoms with E-state index in [1.807, 2.05) is 0 Å². The van der Waals surface area contributed by atoms with Crippen molar-refractivity contribution >= 4 is 110 Å². The van der Waals surface area contributed by atoms with Crippen molar-refractivity contribution in [3.63, 3.8) is 0 Å². The molecule has 9 aromatic carbocycles. The molecule has 0 spiro atoms. The van der Waals surface area contributed by atoms with Crippen LogP contribution in [0.4, 0.5) is 11.4 Å². The van der Waals surface area contributed by atoms with Crippen LogP contribution in [-0.2, 0) is 5.41 Å². The van der Waals surface area contributed by atoms with Crippen LogP contribution in [0.3, 0.4) is 0 Å². The van der Waals surface area contributed by atoms with Gasteiger partial charge in [-0.15, -0.1) is 0 Å². The summed E-state index contributed by atoms with van der Waals surface area (Å²) in [5, 5.41) is 16.2. The highest BCUT2D eigenvalue weighted by atomic mass is 16.3. The number of aromatic nitrogens is 2. The predicted molar refractivity (Wildman–Crippen MR) is 249 cm³/mol. The molecule has 0 saturated carbocycles. The summed E-state index contributed by atoms with van der Waals surface area (Å²) in [4.78, 5) is 5.93. The highest BCUT2D eigenvalue weighted by Crippen LogP contribution is 2.53. The first-order valence-electron chi connectivity index (χ1n) is 20.9. The zero-order valence-electron chi connectivity index (χ0n) is 32.8. The lowest BCUT2D eigenvalue weighted by Crippen LogP contribution is -2.30. The molecule has 0 amide bonds. The van der Waals surface area contributed by atoms with Gasteiger partial charge < -0.3 is 14.1 Å². The van der Waals surface area contributed by atoms with Crippen molar-refractivity contribution in [1.82, 2.24) is 8.97 Å². The molecular formula is C55H34N4O. The minimum absolute atomic E-state index is 0.149. The average Bonchev–Trinajstić information content (AvgIpc) is 3.98. The lowest BCUT2D eigenvalue weighted by molar-refractivity contribution is 0.659. The monoisotopic (exact) mass is 766 g/mol. The quantitative estimate of drug-likeness (QED) is 0.169. The van der Waals surface area contributed by atoms with Crippen molar-refractivity contribution in [2.24, 2.45) is 4.99 Å². The van der Waals surface area contributed by atoms with Crippen LogP contribution < -0.4 is 5.32 Å². The molecule has 0 radical (unpaired) electrons. The van der Waals surface area contributed by atoms with Crippen LogP contribution in [0.5, 0.6) is 0 Å². The third-order valence-corrected chi connectivity index (χ3v) is 14.3. The maximum absolute atomic E-state index is 6.74. The van der Waals surface area contributed by atoms with E-state index in [1.165, 1.54) is 92.8 Å². The number of anilines is 1. The molecule has 280 valence electrons. The van der Waals surface area contributed by atoms with Crippen LogP contribution in [-0.4, -0.2) is 14.8 Å². The van der Waals surface area contributed by atoms with Crippen molar-refractivity contribution in [3.8, 4) is 11.1 Å². The summed E-state index contributed by atoms with van der Waals surface area (Å²) < 4.78 is 11.7. The number of hydrogen-bond acceptors (Lipinski definition) is 3. The molecule has 4 aromatic heterocycles. The molecule has 1 unspecified atom stereocenters. The summed E-state index contributed by atoms with van der Waals surface area (Å²) in [5.41, 5.74) is 16.1. The van der Waals surface area contributed by atoms with Crippen molar-refractivity contribution in [2.75, 3.05) is 5.32 Å². The molecule has 1 N–H and O–H groups in total. The molecule has 1 aliphatic heterocycles. The predicted octanol–water partition coefficient (Wildman–Crippen LogP) is 14.5. The second-order valence-electron chi connectivity index (χ2n) is 17.5. The van der Waals surface area contributed by atoms with Gasteiger partial charge >= 0.3 is 0 Å². The Hall–Kier alpha value is -7.63. The SMILES string of the molecule is CC1(C)c2ccccc2-c2ccc(C3Nc4c(c5ccccc5c5ccccc45)N=C3n3c4ccc5oc6ccc7c8ccccc8n8c9cccc3c9c4c5c6c78)cc21. The third kappa shape index (κ3) is 3.57. The summed E-state index contributed by atoms with van der Waals surface area (Å²) in [6.45, 7) is 4.73. The van der Waals surface area contributed by atoms with Crippen LogP contribution in [0, 0.1) is 0 Å². The average molecular weight is 767 g/mol. The number of furan rings is 1. The Morgan fingerprint density at radius 3 is 2.07 bits per heavy atom. The maximum atomic E-state index is 6.74. The Balaban J connectivity index is 1.11. The number of nitrogens with one attached hydrogen (secondary N) is 1. The fourth-order valence-electron chi connectivity index (χ4n) is 11.7. The van der Waals surface area contributed by atoms with Gasteiger partial charge in [-0.05, 0) is 81.1 Å². The van der Waals surface area contributed by atoms with Gasteiger partial charge in [-0.2, -0.15) is 0 Å². The maximum Gasteiger partial charge on any atom is 0.141 e. The van der Waals surface area contributed by atoms with Gasteiger partial charge in [0.05, 0.1) is 44.3 Å². The van der Waals surface area contributed by atoms with Crippen LogP contribution in [0.2, 0.25) is 0 Å². The van der Waals surface area contributed by atoms with E-state index in [9.17, 15) is 0 Å². The fraction of sp³-hybridized carbons (Fsp3) is 0.0727. The molecule has 0 bridgehead atoms. The first-order chi connectivity index (χ1) is 29.5. The van der Waals surface area contributed by atoms with E-state index in [2.05, 4.69) is 186 Å². The number of benzene rings is 9. The van der Waals surface area contributed by atoms with Gasteiger partial charge in [0.2, 0.25) is 0 Å². The fourth-order valence-corrected chi connectivity index (χ4v) is 11.7. The molecule has 1 aliphatic carbocycles. The zero-order chi connectivity index (χ0) is 39.2. The molecule has 0 saturated heterocycles. The van der Waals surface area contributed by atoms with Gasteiger partial charge in [0.25, 0.3) is 0 Å². The van der Waals surface area contributed by atoms with Crippen LogP contribution in [0.1, 0.15) is 36.6 Å². The van der Waals surface area contributed by atoms with Gasteiger partial charge in [0.15, 0.2) is 0 Å². The Kier molecular flexibility index (Phi) is 5.49. The Morgan fingerprint density at radius 2 is 1.18 bits per heavy atom. The van der Waals surface area contributed by atoms with Crippen molar-refractivity contribution in [2.45, 2.75) is 25.3 Å². The standard InChI is InChI=1S/C55H34N4O/c1-55(2)38-18-9-7-14-32(38)33-23-22-29(28-39(33)55)50-54(57-52-36-17-6-4-13-31(36)30-12-3-5-16-35(30)51(52)56-50)59-42-21-11-20-41-46(42)47-43(59)25-27-44-48(47)49-45(60-44)26-24-37-34-15-8-10-19-40(34)58(41)53(37)49/h3-28,50,56H,1-2H3. The summed E-state index contributed by atoms with van der Waals surface area (Å²) >= 11 is 0. The van der Waals surface area contributed by atoms with E-state index in [0.717, 1.165) is 44.8 Å². The lowest BCUT2D eigenvalue weighted by Gasteiger charge is -2.31. The first-order valence-corrected chi connectivity index (χ1v) is 20.9. The highest BCUT2D eigenvalue weighted by Gasteiger charge is 2.38. The number of rotatable bonds is 1. The van der Waals surface area contributed by atoms with E-state index in [0.29, 0.717) is 0 Å². The lowest BCUT2D eigenvalue weighted by atomic mass is 9.81. The van der Waals surface area contributed by atoms with Crippen LogP contribution in [0.15, 0.2) is 167 Å². The molecule has 1 atom stereocenters. The molecule has 5 nitrogen and oxygen atoms in total. The van der Waals surface area contributed by atoms with E-state index in [4.69, 9.17) is 9.41 Å². The smallest absolute Gasteiger partial charge is 0.141 e. The molecule has 5 heteroatoms. The minimum Gasteiger partial charge on any atom is -0.456 e. The Labute approximate surface area is 343 Å². The van der Waals surface area contributed by atoms with E-state index in [1.54, 1.807) is 0 Å². The number of para-hydroxylation sites is 1. The second kappa shape index (κ2) is 10.5. The number of nitrogens with zero attached hydrogens (tertiary/aromatic N) is 3. The zero-order valence-corrected chi connectivity index (χ0v) is 32.8. The molecule has 2 aliphatic rings. The Bertz CT molecular complexity index is 4080. The number of aliphatic imine (C=N–C) groups is 1. The number of fused-ring (bicyclic) bond motifs is 13. The molecular weight excluding hydrogens is 733 g/mol. The van der Waals surface area contributed by atoms with Gasteiger partial charge in [0.1, 0.15) is 23.0 Å². The van der Waals surface area contributed by atoms with Crippen molar-refractivity contribution in [1.29, 1.82) is 0 Å². The minimum atomic E-state index is -0.274. The topological polar surface area (TPSA) is 46.9 Å². The molecule has 60 heavy (non-hydrogen) atoms. The summed E-state index contributed by atoms with van der Waals surface area (Å²) in [6, 6.07) is 57.7. The summed E-state index contributed by atoms with van der Waals surface area (Å²) in [6.07, 6.45) is 0. The second-order valence-corrected chi connectivity index (χ2v) is 17.5. The largest absolute Gasteiger partial charge is 0.456 e. The normalized spacial score (nSPS) is 16.0. The van der Waals surface area contributed by atoms with Crippen molar-refractivity contribution < 1.29 is 4.42 Å². The molecule has 5 heterocycles. The van der Waals surface area contributed by atoms with Gasteiger partial charge in [-0.25, -0.2) is 4.99 Å². The highest BCUT2D eigenvalue weighted by molar-refractivity contribution is 6.38. The van der Waals surface area contributed by atoms with E-state index < -0.39 is 0 Å². The van der Waals surface area contributed by atoms with Gasteiger partial charge in [-0.1, -0.05) is 129 Å². The van der Waals surface area contributed by atoms with E-state index in [-0.39, 0.29) is 11.5 Å². The number of hydrogen-bond donors (Lipinski definition) is 1. The van der Waals surface area contributed by atoms with Gasteiger partial charge in [0, 0.05) is 43.1 Å². The molecule has 15 rings (SSSR count). The van der Waals surface area contributed by atoms with Gasteiger partial charge in [-0.3, -0.25) is 4.57 Å². The van der Waals surface area contributed by atoms with Crippen molar-refractivity contribution in [3.05, 3.63) is 174 Å². The summed E-state index contributed by atoms with van der Waals surface area (Å²) in [5.74, 6) is 0.948.